The molecule has 0 saturated carbocycles. The van der Waals surface area contributed by atoms with Gasteiger partial charge in [-0.05, 0) is 159 Å². The second kappa shape index (κ2) is 48.7. The van der Waals surface area contributed by atoms with E-state index in [9.17, 15) is 71.9 Å². The topological polar surface area (TPSA) is 497 Å². The van der Waals surface area contributed by atoms with Crippen LogP contribution in [0.25, 0.3) is 64.7 Å². The number of benzene rings is 6. The summed E-state index contributed by atoms with van der Waals surface area (Å²) in [5, 5.41) is 58.9. The lowest BCUT2D eigenvalue weighted by Crippen LogP contribution is -2.43. The third kappa shape index (κ3) is 33.2. The Balaban J connectivity index is 0.000000248. The number of aryl methyl sites for hydroxylation is 3. The van der Waals surface area contributed by atoms with Crippen LogP contribution in [-0.2, 0) is 91.2 Å². The van der Waals surface area contributed by atoms with Gasteiger partial charge in [-0.25, -0.2) is 0 Å². The fourth-order valence-corrected chi connectivity index (χ4v) is 15.5. The predicted molar refractivity (Wildman–Crippen MR) is 456 cm³/mol. The van der Waals surface area contributed by atoms with Gasteiger partial charge in [-0.1, -0.05) is 164 Å². The first kappa shape index (κ1) is 94.2. The monoisotopic (exact) mass is 1690 g/mol. The van der Waals surface area contributed by atoms with Crippen molar-refractivity contribution in [2.75, 3.05) is 0 Å². The number of carbonyl (C=O) groups excluding carboxylic acids is 10. The summed E-state index contributed by atoms with van der Waals surface area (Å²) < 4.78 is 0. The number of nitrogens with one attached hydrogen (secondary N) is 3. The normalized spacial score (nSPS) is 12.3. The van der Waals surface area contributed by atoms with Gasteiger partial charge in [-0.15, -0.1) is 34.0 Å². The average Bonchev–Trinajstić information content (AvgIpc) is 1.70. The van der Waals surface area contributed by atoms with Crippen molar-refractivity contribution in [3.8, 4) is 64.7 Å². The smallest absolute Gasteiger partial charge is 0.303 e. The number of thiophene rings is 3. The molecule has 9 aromatic rings. The number of carbonyl (C=O) groups is 15. The third-order valence-corrected chi connectivity index (χ3v) is 22.5. The van der Waals surface area contributed by atoms with Crippen LogP contribution in [0, 0.1) is 17.8 Å². The van der Waals surface area contributed by atoms with E-state index in [0.29, 0.717) is 19.3 Å². The maximum absolute atomic E-state index is 12.9. The molecule has 6 aromatic carbocycles. The van der Waals surface area contributed by atoms with Crippen LogP contribution >= 0.6 is 34.0 Å². The van der Waals surface area contributed by atoms with E-state index in [1.807, 2.05) is 127 Å². The number of Topliss-reactive ketones (excluding diaryl/α,β-unsaturated/α-hetero) is 3. The molecule has 0 aliphatic heterocycles. The Bertz CT molecular complexity index is 4500. The number of carboxylic acids is 5. The quantitative estimate of drug-likeness (QED) is 0.0168. The molecule has 3 heterocycles. The standard InChI is InChI=1S/C30H33N3O6S.2C30H32N2O7S/c31-27(35)13-12-24(25(34)16-22(30(32)39)11-15-29(37)38)33-28(36)14-8-19-6-9-21(10-7-19)26-17-23(18-40-26)20-4-2-1-3-5-20;2*31-30(39)22(11-14-28(35)36)16-25(33)24(12-15-29(37)38)32-27(34)13-8-19-6-9-21(10-7-19)26-17-23(18-40-26)20-4-2-1-3-5-20/h1-7,9-10,17-18,22,24H,8,11-16H2,(H2,31,35)(H2,32,39)(H,33,36)(H,37,38);2*1-7,9-10,17-18,22,24H,8,11-16H2,(H2,31,39)(H,32,34)(H,35,36)(H,37,38)/t22-,24+;2*22-,24-/m110/s1. The van der Waals surface area contributed by atoms with E-state index in [1.54, 1.807) is 34.0 Å². The van der Waals surface area contributed by atoms with Gasteiger partial charge in [-0.2, -0.15) is 0 Å². The molecule has 9 rings (SSSR count). The molecule has 0 unspecified atom stereocenters. The van der Waals surface area contributed by atoms with Gasteiger partial charge in [0.1, 0.15) is 0 Å². The summed E-state index contributed by atoms with van der Waals surface area (Å²) in [5.74, 6) is -14.6. The first-order chi connectivity index (χ1) is 57.4. The molecule has 630 valence electrons. The highest BCUT2D eigenvalue weighted by atomic mass is 32.1. The highest BCUT2D eigenvalue weighted by Crippen LogP contribution is 2.36. The van der Waals surface area contributed by atoms with Gasteiger partial charge in [0.05, 0.1) is 18.1 Å². The SMILES string of the molecule is NC(=O)CC[C@H](NC(=O)CCc1ccc(-c2cc(-c3ccccc3)cs2)cc1)C(=O)C[C@@H](CCC(=O)O)C(N)=O.NC(=O)[C@@H](CCC(=O)O)CC(=O)[C@H](CCC(=O)O)NC(=O)CCc1ccc(-c2cc(-c3ccccc3)cs2)cc1.NC(=O)[C@H](CCC(=O)O)CC(=O)[C@@H](CCC(=O)O)NC(=O)CCc1ccc(-c2cc(-c3ccccc3)cs2)cc1. The van der Waals surface area contributed by atoms with Crippen molar-refractivity contribution < 1.29 is 97.5 Å². The van der Waals surface area contributed by atoms with Gasteiger partial charge in [0, 0.05) is 109 Å². The molecule has 30 heteroatoms. The largest absolute Gasteiger partial charge is 0.481 e. The van der Waals surface area contributed by atoms with Crippen LogP contribution in [0.5, 0.6) is 0 Å². The molecule has 3 aromatic heterocycles. The molecule has 0 bridgehead atoms. The highest BCUT2D eigenvalue weighted by Gasteiger charge is 2.31. The minimum Gasteiger partial charge on any atom is -0.481 e. The minimum absolute atomic E-state index is 0.0230. The molecule has 0 spiro atoms. The van der Waals surface area contributed by atoms with E-state index in [4.69, 9.17) is 48.5 Å². The lowest BCUT2D eigenvalue weighted by molar-refractivity contribution is -0.139. The molecule has 120 heavy (non-hydrogen) atoms. The van der Waals surface area contributed by atoms with Crippen LogP contribution in [0.3, 0.4) is 0 Å². The zero-order valence-corrected chi connectivity index (χ0v) is 68.2. The second-order valence-corrected chi connectivity index (χ2v) is 31.4. The molecule has 16 N–H and O–H groups in total. The second-order valence-electron chi connectivity index (χ2n) is 28.6. The number of ketones is 3. The molecule has 7 amide bonds. The van der Waals surface area contributed by atoms with Crippen LogP contribution in [-0.4, -0.2) is 132 Å². The summed E-state index contributed by atoms with van der Waals surface area (Å²) in [4.78, 5) is 181. The fourth-order valence-electron chi connectivity index (χ4n) is 12.7. The summed E-state index contributed by atoms with van der Waals surface area (Å²) in [6, 6.07) is 57.2. The molecular formula is C90H97N7O20S3. The maximum Gasteiger partial charge on any atom is 0.303 e. The predicted octanol–water partition coefficient (Wildman–Crippen LogP) is 12.3. The van der Waals surface area contributed by atoms with Gasteiger partial charge in [-0.3, -0.25) is 71.9 Å². The van der Waals surface area contributed by atoms with Crippen LogP contribution < -0.4 is 38.9 Å². The highest BCUT2D eigenvalue weighted by molar-refractivity contribution is 7.14. The van der Waals surface area contributed by atoms with Crippen LogP contribution in [0.2, 0.25) is 0 Å². The number of carboxylic acid groups (broad SMARTS) is 5. The van der Waals surface area contributed by atoms with Crippen molar-refractivity contribution in [2.24, 2.45) is 40.7 Å². The van der Waals surface area contributed by atoms with Gasteiger partial charge >= 0.3 is 29.8 Å². The van der Waals surface area contributed by atoms with E-state index >= 15 is 0 Å². The maximum atomic E-state index is 12.9. The summed E-state index contributed by atoms with van der Waals surface area (Å²) in [6.45, 7) is 0. The molecule has 0 aliphatic carbocycles. The van der Waals surface area contributed by atoms with E-state index in [2.05, 4.69) is 86.7 Å². The number of primary amides is 4. The van der Waals surface area contributed by atoms with Crippen molar-refractivity contribution in [3.63, 3.8) is 0 Å². The Morgan fingerprint density at radius 3 is 0.733 bits per heavy atom. The van der Waals surface area contributed by atoms with Gasteiger partial charge in [0.15, 0.2) is 17.3 Å². The van der Waals surface area contributed by atoms with Crippen molar-refractivity contribution in [1.82, 2.24) is 16.0 Å². The van der Waals surface area contributed by atoms with E-state index in [1.165, 1.54) is 0 Å². The van der Waals surface area contributed by atoms with E-state index < -0.39 is 119 Å². The zero-order chi connectivity index (χ0) is 87.2. The van der Waals surface area contributed by atoms with Crippen molar-refractivity contribution >= 4 is 123 Å². The first-order valence-corrected chi connectivity index (χ1v) is 41.4. The van der Waals surface area contributed by atoms with Crippen molar-refractivity contribution in [3.05, 3.63) is 215 Å². The summed E-state index contributed by atoms with van der Waals surface area (Å²) in [5.41, 5.74) is 34.1. The Morgan fingerprint density at radius 2 is 0.508 bits per heavy atom. The Kier molecular flexibility index (Phi) is 38.2. The average molecular weight is 1690 g/mol. The Labute approximate surface area is 705 Å². The van der Waals surface area contributed by atoms with Crippen LogP contribution in [0.4, 0.5) is 0 Å². The Morgan fingerprint density at radius 1 is 0.275 bits per heavy atom. The van der Waals surface area contributed by atoms with Crippen LogP contribution in [0.15, 0.2) is 198 Å². The lowest BCUT2D eigenvalue weighted by Gasteiger charge is -2.20. The molecule has 27 nitrogen and oxygen atoms in total. The van der Waals surface area contributed by atoms with E-state index in [0.717, 1.165) is 81.4 Å². The van der Waals surface area contributed by atoms with Gasteiger partial charge in [0.25, 0.3) is 0 Å². The number of aliphatic carboxylic acids is 5. The van der Waals surface area contributed by atoms with Gasteiger partial charge in [0.2, 0.25) is 41.4 Å². The van der Waals surface area contributed by atoms with Crippen molar-refractivity contribution in [1.29, 1.82) is 0 Å². The van der Waals surface area contributed by atoms with E-state index in [-0.39, 0.29) is 121 Å². The number of amides is 7. The van der Waals surface area contributed by atoms with Gasteiger partial charge < -0.3 is 64.4 Å². The lowest BCUT2D eigenvalue weighted by atomic mass is 9.92. The summed E-state index contributed by atoms with van der Waals surface area (Å²) >= 11 is 4.96. The summed E-state index contributed by atoms with van der Waals surface area (Å²) in [6.07, 6.45) is -2.07. The molecular weight excluding hydrogens is 1600 g/mol. The fraction of sp³-hybridized carbons (Fsp3) is 0.300. The first-order valence-electron chi connectivity index (χ1n) is 38.8. The summed E-state index contributed by atoms with van der Waals surface area (Å²) in [7, 11) is 0. The van der Waals surface area contributed by atoms with Crippen LogP contribution in [0.1, 0.15) is 132 Å². The molecule has 0 radical (unpaired) electrons. The molecule has 6 atom stereocenters. The number of rotatable bonds is 48. The third-order valence-electron chi connectivity index (χ3n) is 19.6. The number of hydrogen-bond acceptors (Lipinski definition) is 18. The van der Waals surface area contributed by atoms with Crippen molar-refractivity contribution in [2.45, 2.75) is 153 Å². The molecule has 0 fully saturated rings. The zero-order valence-electron chi connectivity index (χ0n) is 65.8. The number of hydrogen-bond donors (Lipinski definition) is 12. The number of nitrogens with two attached hydrogens (primary N) is 4. The molecule has 0 saturated heterocycles. The Hall–Kier alpha value is -12.9. The molecule has 0 aliphatic rings. The minimum atomic E-state index is -1.13.